The zero-order valence-electron chi connectivity index (χ0n) is 7.70. The molecule has 1 N–H and O–H groups in total. The summed E-state index contributed by atoms with van der Waals surface area (Å²) in [4.78, 5) is 11.2. The average Bonchev–Trinajstić information content (AvgIpc) is 2.55. The summed E-state index contributed by atoms with van der Waals surface area (Å²) in [5.41, 5.74) is 1.62. The molecule has 0 aliphatic rings. The first-order chi connectivity index (χ1) is 6.20. The number of hydrogen-bond acceptors (Lipinski definition) is 3. The molecule has 0 bridgehead atoms. The molecule has 1 heterocycles. The largest absolute Gasteiger partial charge is 0.364 e. The number of rotatable bonds is 3. The number of allylic oxidation sites excluding steroid dienone is 1. The summed E-state index contributed by atoms with van der Waals surface area (Å²) in [6.45, 7) is 4.49. The summed E-state index contributed by atoms with van der Waals surface area (Å²) in [6, 6.07) is 0. The van der Waals surface area contributed by atoms with Gasteiger partial charge in [-0.3, -0.25) is 4.79 Å². The summed E-state index contributed by atoms with van der Waals surface area (Å²) in [5, 5.41) is 6.14. The van der Waals surface area contributed by atoms with Crippen molar-refractivity contribution in [1.29, 1.82) is 0 Å². The van der Waals surface area contributed by atoms with Crippen LogP contribution in [0.2, 0.25) is 0 Å². The lowest BCUT2D eigenvalue weighted by Gasteiger charge is -1.98. The molecule has 0 aliphatic carbocycles. The first-order valence-corrected chi connectivity index (χ1v) is 4.01. The summed E-state index contributed by atoms with van der Waals surface area (Å²) in [6.07, 6.45) is 4.64. The molecule has 13 heavy (non-hydrogen) atoms. The summed E-state index contributed by atoms with van der Waals surface area (Å²) >= 11 is 0. The topological polar surface area (TPSA) is 55.1 Å². The van der Waals surface area contributed by atoms with E-state index in [9.17, 15) is 4.79 Å². The number of carbonyl (C=O) groups excluding carboxylic acids is 1. The van der Waals surface area contributed by atoms with Gasteiger partial charge in [-0.25, -0.2) is 0 Å². The fourth-order valence-electron chi connectivity index (χ4n) is 0.767. The smallest absolute Gasteiger partial charge is 0.256 e. The van der Waals surface area contributed by atoms with E-state index in [4.69, 9.17) is 0 Å². The Hall–Kier alpha value is -1.58. The Morgan fingerprint density at radius 1 is 1.69 bits per heavy atom. The number of aromatic nitrogens is 1. The molecule has 0 fully saturated rings. The van der Waals surface area contributed by atoms with Gasteiger partial charge in [-0.1, -0.05) is 16.8 Å². The van der Waals surface area contributed by atoms with Crippen molar-refractivity contribution in [2.75, 3.05) is 6.54 Å². The van der Waals surface area contributed by atoms with E-state index in [1.54, 1.807) is 0 Å². The van der Waals surface area contributed by atoms with Gasteiger partial charge in [0.2, 0.25) is 0 Å². The third-order valence-electron chi connectivity index (χ3n) is 1.47. The second-order valence-electron chi connectivity index (χ2n) is 2.90. The van der Waals surface area contributed by atoms with Crippen molar-refractivity contribution in [2.24, 2.45) is 0 Å². The van der Waals surface area contributed by atoms with Crippen LogP contribution in [0.4, 0.5) is 0 Å². The van der Waals surface area contributed by atoms with Gasteiger partial charge < -0.3 is 9.84 Å². The Bertz CT molecular complexity index is 297. The van der Waals surface area contributed by atoms with Crippen LogP contribution in [0.1, 0.15) is 24.2 Å². The quantitative estimate of drug-likeness (QED) is 0.715. The minimum Gasteiger partial charge on any atom is -0.364 e. The van der Waals surface area contributed by atoms with Crippen LogP contribution in [0.25, 0.3) is 0 Å². The predicted octanol–water partition coefficient (Wildman–Crippen LogP) is 1.37. The number of nitrogens with one attached hydrogen (secondary N) is 1. The van der Waals surface area contributed by atoms with Gasteiger partial charge in [0.1, 0.15) is 6.26 Å². The van der Waals surface area contributed by atoms with Crippen LogP contribution in [0.3, 0.4) is 0 Å². The molecular formula is C9H12N2O2. The van der Waals surface area contributed by atoms with Crippen molar-refractivity contribution in [3.63, 3.8) is 0 Å². The van der Waals surface area contributed by atoms with E-state index in [2.05, 4.69) is 15.0 Å². The minimum absolute atomic E-state index is 0.168. The van der Waals surface area contributed by atoms with E-state index in [1.807, 2.05) is 19.9 Å². The Morgan fingerprint density at radius 2 is 2.46 bits per heavy atom. The molecule has 4 heteroatoms. The standard InChI is InChI=1S/C9H12N2O2/c1-7(2)3-4-10-9(12)8-5-11-13-6-8/h3,5-6H,4H2,1-2H3,(H,10,12). The second kappa shape index (κ2) is 4.45. The van der Waals surface area contributed by atoms with Crippen LogP contribution >= 0.6 is 0 Å². The van der Waals surface area contributed by atoms with Crippen LogP contribution in [-0.4, -0.2) is 17.6 Å². The number of carbonyl (C=O) groups is 1. The maximum atomic E-state index is 11.2. The van der Waals surface area contributed by atoms with Crippen molar-refractivity contribution in [2.45, 2.75) is 13.8 Å². The van der Waals surface area contributed by atoms with E-state index < -0.39 is 0 Å². The minimum atomic E-state index is -0.168. The van der Waals surface area contributed by atoms with Crippen molar-refractivity contribution in [1.82, 2.24) is 10.5 Å². The predicted molar refractivity (Wildman–Crippen MR) is 48.3 cm³/mol. The van der Waals surface area contributed by atoms with Gasteiger partial charge in [-0.05, 0) is 13.8 Å². The van der Waals surface area contributed by atoms with Crippen LogP contribution < -0.4 is 5.32 Å². The molecule has 1 amide bonds. The Kier molecular flexibility index (Phi) is 3.25. The molecule has 0 radical (unpaired) electrons. The van der Waals surface area contributed by atoms with E-state index in [1.165, 1.54) is 18.0 Å². The number of amides is 1. The normalized spacial score (nSPS) is 9.38. The molecule has 0 atom stereocenters. The molecule has 70 valence electrons. The lowest BCUT2D eigenvalue weighted by atomic mass is 10.3. The van der Waals surface area contributed by atoms with E-state index >= 15 is 0 Å². The van der Waals surface area contributed by atoms with Gasteiger partial charge in [0, 0.05) is 6.54 Å². The van der Waals surface area contributed by atoms with Crippen molar-refractivity contribution >= 4 is 5.91 Å². The summed E-state index contributed by atoms with van der Waals surface area (Å²) in [7, 11) is 0. The monoisotopic (exact) mass is 180 g/mol. The molecule has 0 saturated heterocycles. The molecule has 0 aromatic carbocycles. The van der Waals surface area contributed by atoms with Crippen LogP contribution in [0.15, 0.2) is 28.6 Å². The first-order valence-electron chi connectivity index (χ1n) is 4.01. The van der Waals surface area contributed by atoms with Gasteiger partial charge in [-0.2, -0.15) is 0 Å². The van der Waals surface area contributed by atoms with Crippen molar-refractivity contribution in [3.8, 4) is 0 Å². The zero-order valence-corrected chi connectivity index (χ0v) is 7.70. The maximum Gasteiger partial charge on any atom is 0.256 e. The maximum absolute atomic E-state index is 11.2. The molecule has 0 aliphatic heterocycles. The summed E-state index contributed by atoms with van der Waals surface area (Å²) < 4.78 is 4.54. The molecule has 1 aromatic heterocycles. The molecule has 0 saturated carbocycles. The second-order valence-corrected chi connectivity index (χ2v) is 2.90. The number of nitrogens with zero attached hydrogens (tertiary/aromatic N) is 1. The SMILES string of the molecule is CC(C)=CCNC(=O)c1cnoc1. The van der Waals surface area contributed by atoms with Crippen LogP contribution in [0, 0.1) is 0 Å². The third-order valence-corrected chi connectivity index (χ3v) is 1.47. The van der Waals surface area contributed by atoms with E-state index in [0.717, 1.165) is 0 Å². The third kappa shape index (κ3) is 3.11. The zero-order chi connectivity index (χ0) is 9.68. The van der Waals surface area contributed by atoms with Gasteiger partial charge in [0.15, 0.2) is 0 Å². The highest BCUT2D eigenvalue weighted by Gasteiger charge is 2.04. The molecule has 1 aromatic rings. The molecule has 0 unspecified atom stereocenters. The fourth-order valence-corrected chi connectivity index (χ4v) is 0.767. The highest BCUT2D eigenvalue weighted by Crippen LogP contribution is 1.95. The van der Waals surface area contributed by atoms with Gasteiger partial charge >= 0.3 is 0 Å². The van der Waals surface area contributed by atoms with Crippen LogP contribution in [0.5, 0.6) is 0 Å². The Morgan fingerprint density at radius 3 is 3.00 bits per heavy atom. The average molecular weight is 180 g/mol. The molecule has 0 spiro atoms. The van der Waals surface area contributed by atoms with Crippen molar-refractivity contribution in [3.05, 3.63) is 29.7 Å². The Balaban J connectivity index is 2.39. The fraction of sp³-hybridized carbons (Fsp3) is 0.333. The van der Waals surface area contributed by atoms with Crippen LogP contribution in [-0.2, 0) is 0 Å². The summed E-state index contributed by atoms with van der Waals surface area (Å²) in [5.74, 6) is -0.168. The first kappa shape index (κ1) is 9.51. The highest BCUT2D eigenvalue weighted by molar-refractivity contribution is 5.93. The molecular weight excluding hydrogens is 168 g/mol. The lowest BCUT2D eigenvalue weighted by Crippen LogP contribution is -2.22. The van der Waals surface area contributed by atoms with Crippen molar-refractivity contribution < 1.29 is 9.32 Å². The van der Waals surface area contributed by atoms with E-state index in [-0.39, 0.29) is 5.91 Å². The Labute approximate surface area is 76.6 Å². The van der Waals surface area contributed by atoms with Gasteiger partial charge in [0.25, 0.3) is 5.91 Å². The van der Waals surface area contributed by atoms with Gasteiger partial charge in [-0.15, -0.1) is 0 Å². The molecule has 1 rings (SSSR count). The highest BCUT2D eigenvalue weighted by atomic mass is 16.5. The van der Waals surface area contributed by atoms with Gasteiger partial charge in [0.05, 0.1) is 11.8 Å². The van der Waals surface area contributed by atoms with E-state index in [0.29, 0.717) is 12.1 Å². The lowest BCUT2D eigenvalue weighted by molar-refractivity contribution is 0.0957. The molecule has 4 nitrogen and oxygen atoms in total. The number of hydrogen-bond donors (Lipinski definition) is 1.